The number of hydrogen-bond acceptors (Lipinski definition) is 5. The second kappa shape index (κ2) is 5.10. The molecule has 1 aliphatic carbocycles. The number of hydrogen-bond donors (Lipinski definition) is 1. The second-order valence-corrected chi connectivity index (χ2v) is 6.47. The van der Waals surface area contributed by atoms with Crippen LogP contribution in [0.2, 0.25) is 5.15 Å². The first-order valence-corrected chi connectivity index (χ1v) is 7.94. The molecule has 7 heteroatoms. The molecule has 2 fully saturated rings. The predicted octanol–water partition coefficient (Wildman–Crippen LogP) is 1.98. The van der Waals surface area contributed by atoms with Crippen molar-refractivity contribution in [2.75, 3.05) is 25.0 Å². The van der Waals surface area contributed by atoms with E-state index in [4.69, 9.17) is 11.6 Å². The molecule has 0 radical (unpaired) electrons. The topological polar surface area (TPSA) is 58.4 Å². The number of rotatable bonds is 4. The highest BCUT2D eigenvalue weighted by molar-refractivity contribution is 6.30. The Hall–Kier alpha value is -1.40. The van der Waals surface area contributed by atoms with Gasteiger partial charge in [0.2, 0.25) is 0 Å². The van der Waals surface area contributed by atoms with Gasteiger partial charge in [-0.25, -0.2) is 0 Å². The molecule has 2 aliphatic rings. The average molecular weight is 307 g/mol. The summed E-state index contributed by atoms with van der Waals surface area (Å²) < 4.78 is 1.73. The van der Waals surface area contributed by atoms with Crippen molar-refractivity contribution in [1.29, 1.82) is 0 Å². The molecule has 21 heavy (non-hydrogen) atoms. The molecule has 1 saturated heterocycles. The summed E-state index contributed by atoms with van der Waals surface area (Å²) >= 11 is 6.18. The Labute approximate surface area is 128 Å². The van der Waals surface area contributed by atoms with Crippen LogP contribution in [0.25, 0.3) is 5.78 Å². The monoisotopic (exact) mass is 306 g/mol. The van der Waals surface area contributed by atoms with Crippen LogP contribution >= 0.6 is 11.6 Å². The summed E-state index contributed by atoms with van der Waals surface area (Å²) in [4.78, 5) is 11.0. The Bertz CT molecular complexity index is 665. The van der Waals surface area contributed by atoms with E-state index >= 15 is 0 Å². The minimum absolute atomic E-state index is 0.490. The maximum absolute atomic E-state index is 6.18. The van der Waals surface area contributed by atoms with Crippen molar-refractivity contribution in [3.05, 3.63) is 17.0 Å². The smallest absolute Gasteiger partial charge is 0.255 e. The summed E-state index contributed by atoms with van der Waals surface area (Å²) in [7, 11) is 0. The minimum atomic E-state index is 0.490. The molecule has 4 rings (SSSR count). The molecule has 0 spiro atoms. The molecule has 1 atom stereocenters. The van der Waals surface area contributed by atoms with Gasteiger partial charge in [-0.05, 0) is 38.6 Å². The van der Waals surface area contributed by atoms with Crippen molar-refractivity contribution in [3.63, 3.8) is 0 Å². The maximum Gasteiger partial charge on any atom is 0.255 e. The van der Waals surface area contributed by atoms with Gasteiger partial charge in [0.05, 0.1) is 0 Å². The Morgan fingerprint density at radius 2 is 2.24 bits per heavy atom. The van der Waals surface area contributed by atoms with Crippen molar-refractivity contribution >= 4 is 23.2 Å². The minimum Gasteiger partial charge on any atom is -0.369 e. The van der Waals surface area contributed by atoms with Crippen LogP contribution in [-0.4, -0.2) is 50.2 Å². The molecular weight excluding hydrogens is 288 g/mol. The van der Waals surface area contributed by atoms with Crippen LogP contribution in [0.15, 0.2) is 6.33 Å². The van der Waals surface area contributed by atoms with Crippen LogP contribution in [0.1, 0.15) is 24.8 Å². The summed E-state index contributed by atoms with van der Waals surface area (Å²) in [5.41, 5.74) is 0.923. The van der Waals surface area contributed by atoms with Gasteiger partial charge in [-0.1, -0.05) is 11.6 Å². The molecule has 112 valence electrons. The average Bonchev–Trinajstić information content (AvgIpc) is 3.04. The number of likely N-dealkylation sites (tertiary alicyclic amines) is 1. The highest BCUT2D eigenvalue weighted by Gasteiger charge is 2.34. The summed E-state index contributed by atoms with van der Waals surface area (Å²) in [5.74, 6) is 2.14. The fraction of sp³-hybridized carbons (Fsp3) is 0.643. The lowest BCUT2D eigenvalue weighted by molar-refractivity contribution is 0.316. The van der Waals surface area contributed by atoms with Crippen molar-refractivity contribution in [2.24, 2.45) is 5.92 Å². The molecular formula is C14H19ClN6. The van der Waals surface area contributed by atoms with E-state index in [2.05, 4.69) is 25.3 Å². The third kappa shape index (κ3) is 2.46. The van der Waals surface area contributed by atoms with Crippen molar-refractivity contribution in [3.8, 4) is 0 Å². The van der Waals surface area contributed by atoms with Crippen molar-refractivity contribution < 1.29 is 0 Å². The van der Waals surface area contributed by atoms with E-state index in [1.54, 1.807) is 4.52 Å². The van der Waals surface area contributed by atoms with Crippen LogP contribution in [0, 0.1) is 12.8 Å². The van der Waals surface area contributed by atoms with E-state index in [1.165, 1.54) is 38.7 Å². The Morgan fingerprint density at radius 1 is 1.38 bits per heavy atom. The molecule has 0 aromatic carbocycles. The second-order valence-electron chi connectivity index (χ2n) is 6.11. The summed E-state index contributed by atoms with van der Waals surface area (Å²) in [6.45, 7) is 5.35. The van der Waals surface area contributed by atoms with E-state index in [9.17, 15) is 0 Å². The Morgan fingerprint density at radius 3 is 3.05 bits per heavy atom. The van der Waals surface area contributed by atoms with E-state index < -0.39 is 0 Å². The lowest BCUT2D eigenvalue weighted by atomic mass is 10.1. The van der Waals surface area contributed by atoms with Gasteiger partial charge >= 0.3 is 0 Å². The number of anilines is 1. The normalized spacial score (nSPS) is 23.0. The zero-order chi connectivity index (χ0) is 14.4. The third-order valence-corrected chi connectivity index (χ3v) is 4.91. The molecule has 1 N–H and O–H groups in total. The molecule has 1 aliphatic heterocycles. The number of nitrogens with zero attached hydrogens (tertiary/aromatic N) is 5. The predicted molar refractivity (Wildman–Crippen MR) is 81.7 cm³/mol. The van der Waals surface area contributed by atoms with E-state index in [1.807, 2.05) is 6.92 Å². The third-order valence-electron chi connectivity index (χ3n) is 4.54. The van der Waals surface area contributed by atoms with E-state index in [0.717, 1.165) is 24.0 Å². The molecule has 2 aromatic rings. The highest BCUT2D eigenvalue weighted by atomic mass is 35.5. The van der Waals surface area contributed by atoms with E-state index in [-0.39, 0.29) is 0 Å². The highest BCUT2D eigenvalue weighted by Crippen LogP contribution is 2.32. The molecule has 1 unspecified atom stereocenters. The standard InChI is InChI=1S/C14H19ClN6/c1-9-12(15)19-14-17-8-18-21(14)13(9)16-6-10-4-5-20(7-10)11-2-3-11/h8,10-11,16H,2-7H2,1H3. The molecule has 0 amide bonds. The SMILES string of the molecule is Cc1c(Cl)nc2ncnn2c1NCC1CCN(C2CC2)C1. The van der Waals surface area contributed by atoms with Gasteiger partial charge < -0.3 is 10.2 Å². The first kappa shape index (κ1) is 13.3. The van der Waals surface area contributed by atoms with Crippen LogP contribution < -0.4 is 5.32 Å². The van der Waals surface area contributed by atoms with Crippen molar-refractivity contribution in [1.82, 2.24) is 24.5 Å². The summed E-state index contributed by atoms with van der Waals surface area (Å²) in [6, 6.07) is 0.870. The number of aromatic nitrogens is 4. The van der Waals surface area contributed by atoms with Gasteiger partial charge in [-0.2, -0.15) is 19.6 Å². The first-order valence-electron chi connectivity index (χ1n) is 7.56. The van der Waals surface area contributed by atoms with Gasteiger partial charge in [0.1, 0.15) is 17.3 Å². The number of fused-ring (bicyclic) bond motifs is 1. The zero-order valence-corrected chi connectivity index (χ0v) is 12.8. The zero-order valence-electron chi connectivity index (χ0n) is 12.1. The first-order chi connectivity index (χ1) is 10.2. The number of nitrogens with one attached hydrogen (secondary N) is 1. The van der Waals surface area contributed by atoms with Crippen LogP contribution in [0.4, 0.5) is 5.82 Å². The van der Waals surface area contributed by atoms with Gasteiger partial charge in [0, 0.05) is 24.7 Å². The van der Waals surface area contributed by atoms with Crippen LogP contribution in [-0.2, 0) is 0 Å². The molecule has 3 heterocycles. The van der Waals surface area contributed by atoms with E-state index in [0.29, 0.717) is 16.8 Å². The summed E-state index contributed by atoms with van der Waals surface area (Å²) in [6.07, 6.45) is 5.55. The quantitative estimate of drug-likeness (QED) is 0.875. The Kier molecular flexibility index (Phi) is 3.23. The lowest BCUT2D eigenvalue weighted by Gasteiger charge is -2.17. The summed E-state index contributed by atoms with van der Waals surface area (Å²) in [5, 5.41) is 8.23. The van der Waals surface area contributed by atoms with Crippen LogP contribution in [0.3, 0.4) is 0 Å². The van der Waals surface area contributed by atoms with Crippen molar-refractivity contribution in [2.45, 2.75) is 32.2 Å². The fourth-order valence-corrected chi connectivity index (χ4v) is 3.31. The Balaban J connectivity index is 1.49. The lowest BCUT2D eigenvalue weighted by Crippen LogP contribution is -2.25. The fourth-order valence-electron chi connectivity index (χ4n) is 3.15. The molecule has 1 saturated carbocycles. The molecule has 0 bridgehead atoms. The molecule has 2 aromatic heterocycles. The largest absolute Gasteiger partial charge is 0.369 e. The maximum atomic E-state index is 6.18. The van der Waals surface area contributed by atoms with Gasteiger partial charge in [-0.3, -0.25) is 0 Å². The van der Waals surface area contributed by atoms with Gasteiger partial charge in [-0.15, -0.1) is 0 Å². The molecule has 6 nitrogen and oxygen atoms in total. The number of halogens is 1. The van der Waals surface area contributed by atoms with Gasteiger partial charge in [0.15, 0.2) is 0 Å². The van der Waals surface area contributed by atoms with Gasteiger partial charge in [0.25, 0.3) is 5.78 Å². The van der Waals surface area contributed by atoms with Crippen LogP contribution in [0.5, 0.6) is 0 Å².